The van der Waals surface area contributed by atoms with Gasteiger partial charge >= 0.3 is 0 Å². The van der Waals surface area contributed by atoms with Crippen molar-refractivity contribution in [3.8, 4) is 5.75 Å². The van der Waals surface area contributed by atoms with Gasteiger partial charge in [-0.3, -0.25) is 4.79 Å². The van der Waals surface area contributed by atoms with Crippen molar-refractivity contribution in [2.24, 2.45) is 0 Å². The van der Waals surface area contributed by atoms with Gasteiger partial charge in [-0.15, -0.1) is 0 Å². The van der Waals surface area contributed by atoms with Gasteiger partial charge in [-0.05, 0) is 44.9 Å². The van der Waals surface area contributed by atoms with Crippen molar-refractivity contribution < 1.29 is 9.53 Å². The molecule has 1 rings (SSSR count). The third-order valence-electron chi connectivity index (χ3n) is 2.45. The number of carbonyl (C=O) groups excluding carboxylic acids is 1. The average molecular weight is 250 g/mol. The van der Waals surface area contributed by atoms with Crippen LogP contribution in [0.5, 0.6) is 5.75 Å². The molecule has 0 atom stereocenters. The molecule has 0 unspecified atom stereocenters. The fourth-order valence-corrected chi connectivity index (χ4v) is 1.66. The lowest BCUT2D eigenvalue weighted by atomic mass is 10.1. The molecular weight excluding hydrogens is 228 g/mol. The molecule has 0 heterocycles. The predicted octanol–water partition coefficient (Wildman–Crippen LogP) is 2.12. The Morgan fingerprint density at radius 2 is 2.17 bits per heavy atom. The summed E-state index contributed by atoms with van der Waals surface area (Å²) in [6, 6.07) is 5.69. The Bertz CT molecular complexity index is 403. The number of nitrogens with one attached hydrogen (secondary N) is 1. The van der Waals surface area contributed by atoms with Crippen molar-refractivity contribution in [3.05, 3.63) is 23.8 Å². The number of aryl methyl sites for hydroxylation is 1. The summed E-state index contributed by atoms with van der Waals surface area (Å²) in [5, 5.41) is 2.77. The number of nitrogens with two attached hydrogens (primary N) is 1. The van der Waals surface area contributed by atoms with Crippen LogP contribution in [0.2, 0.25) is 0 Å². The molecule has 1 aromatic carbocycles. The van der Waals surface area contributed by atoms with Gasteiger partial charge in [0.2, 0.25) is 5.91 Å². The van der Waals surface area contributed by atoms with Crippen LogP contribution >= 0.6 is 0 Å². The van der Waals surface area contributed by atoms with Crippen molar-refractivity contribution in [2.45, 2.75) is 39.7 Å². The van der Waals surface area contributed by atoms with Crippen molar-refractivity contribution in [2.75, 3.05) is 12.3 Å². The maximum atomic E-state index is 11.3. The summed E-state index contributed by atoms with van der Waals surface area (Å²) in [5.41, 5.74) is 7.58. The van der Waals surface area contributed by atoms with E-state index in [-0.39, 0.29) is 12.0 Å². The largest absolute Gasteiger partial charge is 0.489 e. The molecule has 0 bridgehead atoms. The van der Waals surface area contributed by atoms with Crippen LogP contribution in [0.25, 0.3) is 0 Å². The van der Waals surface area contributed by atoms with Crippen LogP contribution < -0.4 is 15.8 Å². The van der Waals surface area contributed by atoms with E-state index in [1.165, 1.54) is 0 Å². The van der Waals surface area contributed by atoms with E-state index in [1.807, 2.05) is 39.0 Å². The van der Waals surface area contributed by atoms with Crippen LogP contribution in [0.3, 0.4) is 0 Å². The molecule has 0 aliphatic heterocycles. The smallest absolute Gasteiger partial charge is 0.220 e. The van der Waals surface area contributed by atoms with Crippen molar-refractivity contribution in [3.63, 3.8) is 0 Å². The van der Waals surface area contributed by atoms with E-state index >= 15 is 0 Å². The molecule has 4 heteroatoms. The molecule has 0 fully saturated rings. The van der Waals surface area contributed by atoms with E-state index in [0.29, 0.717) is 30.8 Å². The highest BCUT2D eigenvalue weighted by Crippen LogP contribution is 2.24. The van der Waals surface area contributed by atoms with Crippen molar-refractivity contribution in [1.82, 2.24) is 5.32 Å². The second-order valence-corrected chi connectivity index (χ2v) is 4.49. The first-order valence-electron chi connectivity index (χ1n) is 6.34. The van der Waals surface area contributed by atoms with Gasteiger partial charge in [0.25, 0.3) is 0 Å². The maximum Gasteiger partial charge on any atom is 0.220 e. The zero-order valence-corrected chi connectivity index (χ0v) is 11.3. The minimum absolute atomic E-state index is 0.0681. The van der Waals surface area contributed by atoms with Gasteiger partial charge in [0.1, 0.15) is 5.75 Å². The predicted molar refractivity (Wildman–Crippen MR) is 73.6 cm³/mol. The summed E-state index contributed by atoms with van der Waals surface area (Å²) in [6.45, 7) is 6.50. The number of nitrogen functional groups attached to an aromatic ring is 1. The summed E-state index contributed by atoms with van der Waals surface area (Å²) in [6.07, 6.45) is 1.28. The van der Waals surface area contributed by atoms with Crippen LogP contribution in [-0.2, 0) is 11.2 Å². The number of carbonyl (C=O) groups is 1. The van der Waals surface area contributed by atoms with Crippen LogP contribution in [-0.4, -0.2) is 18.6 Å². The molecule has 0 aliphatic rings. The second kappa shape index (κ2) is 6.89. The topological polar surface area (TPSA) is 64.3 Å². The molecule has 0 aliphatic carbocycles. The molecule has 1 amide bonds. The molecule has 3 N–H and O–H groups in total. The highest BCUT2D eigenvalue weighted by atomic mass is 16.5. The van der Waals surface area contributed by atoms with Crippen molar-refractivity contribution >= 4 is 11.6 Å². The molecule has 18 heavy (non-hydrogen) atoms. The zero-order chi connectivity index (χ0) is 13.5. The van der Waals surface area contributed by atoms with Crippen LogP contribution in [0.1, 0.15) is 32.8 Å². The molecule has 100 valence electrons. The van der Waals surface area contributed by atoms with Gasteiger partial charge in [-0.25, -0.2) is 0 Å². The number of amides is 1. The lowest BCUT2D eigenvalue weighted by molar-refractivity contribution is -0.120. The minimum Gasteiger partial charge on any atom is -0.489 e. The maximum absolute atomic E-state index is 11.3. The number of benzene rings is 1. The fourth-order valence-electron chi connectivity index (χ4n) is 1.66. The molecule has 0 saturated heterocycles. The third kappa shape index (κ3) is 4.65. The van der Waals surface area contributed by atoms with E-state index in [4.69, 9.17) is 10.5 Å². The second-order valence-electron chi connectivity index (χ2n) is 4.49. The lowest BCUT2D eigenvalue weighted by Crippen LogP contribution is -2.22. The number of hydrogen-bond donors (Lipinski definition) is 2. The number of rotatable bonds is 6. The zero-order valence-electron chi connectivity index (χ0n) is 11.3. The summed E-state index contributed by atoms with van der Waals surface area (Å²) < 4.78 is 5.56. The average Bonchev–Trinajstić information content (AvgIpc) is 2.29. The molecular formula is C14H22N2O2. The van der Waals surface area contributed by atoms with Gasteiger partial charge in [-0.2, -0.15) is 0 Å². The first-order chi connectivity index (χ1) is 8.52. The van der Waals surface area contributed by atoms with E-state index < -0.39 is 0 Å². The molecule has 0 radical (unpaired) electrons. The Labute approximate surface area is 109 Å². The Kier molecular flexibility index (Phi) is 5.49. The summed E-state index contributed by atoms with van der Waals surface area (Å²) >= 11 is 0. The first-order valence-corrected chi connectivity index (χ1v) is 6.34. The number of hydrogen-bond acceptors (Lipinski definition) is 3. The van der Waals surface area contributed by atoms with E-state index in [0.717, 1.165) is 5.56 Å². The Morgan fingerprint density at radius 3 is 2.72 bits per heavy atom. The quantitative estimate of drug-likeness (QED) is 0.760. The standard InChI is InChI=1S/C14H22N2O2/c1-4-16-14(17)8-6-11-5-7-13(12(15)9-11)18-10(2)3/h5,7,9-10H,4,6,8,15H2,1-3H3,(H,16,17). The number of anilines is 1. The SMILES string of the molecule is CCNC(=O)CCc1ccc(OC(C)C)c(N)c1. The third-order valence-corrected chi connectivity index (χ3v) is 2.45. The Balaban J connectivity index is 2.58. The molecule has 4 nitrogen and oxygen atoms in total. The fraction of sp³-hybridized carbons (Fsp3) is 0.500. The first kappa shape index (κ1) is 14.4. The lowest BCUT2D eigenvalue weighted by Gasteiger charge is -2.13. The summed E-state index contributed by atoms with van der Waals surface area (Å²) in [4.78, 5) is 11.3. The molecule has 0 spiro atoms. The van der Waals surface area contributed by atoms with Gasteiger partial charge in [0, 0.05) is 13.0 Å². The molecule has 0 aromatic heterocycles. The van der Waals surface area contributed by atoms with Crippen LogP contribution in [0.15, 0.2) is 18.2 Å². The summed E-state index contributed by atoms with van der Waals surface area (Å²) in [5.74, 6) is 0.769. The normalized spacial score (nSPS) is 10.4. The molecule has 0 saturated carbocycles. The molecule has 1 aromatic rings. The monoisotopic (exact) mass is 250 g/mol. The minimum atomic E-state index is 0.0681. The van der Waals surface area contributed by atoms with Crippen molar-refractivity contribution in [1.29, 1.82) is 0 Å². The Morgan fingerprint density at radius 1 is 1.44 bits per heavy atom. The van der Waals surface area contributed by atoms with Crippen LogP contribution in [0.4, 0.5) is 5.69 Å². The van der Waals surface area contributed by atoms with Crippen LogP contribution in [0, 0.1) is 0 Å². The highest BCUT2D eigenvalue weighted by molar-refractivity contribution is 5.76. The number of ether oxygens (including phenoxy) is 1. The van der Waals surface area contributed by atoms with E-state index in [2.05, 4.69) is 5.32 Å². The van der Waals surface area contributed by atoms with Gasteiger partial charge < -0.3 is 15.8 Å². The summed E-state index contributed by atoms with van der Waals surface area (Å²) in [7, 11) is 0. The highest BCUT2D eigenvalue weighted by Gasteiger charge is 2.06. The van der Waals surface area contributed by atoms with Gasteiger partial charge in [-0.1, -0.05) is 6.07 Å². The van der Waals surface area contributed by atoms with E-state index in [1.54, 1.807) is 0 Å². The van der Waals surface area contributed by atoms with Gasteiger partial charge in [0.15, 0.2) is 0 Å². The Hall–Kier alpha value is -1.71. The van der Waals surface area contributed by atoms with Gasteiger partial charge in [0.05, 0.1) is 11.8 Å². The van der Waals surface area contributed by atoms with E-state index in [9.17, 15) is 4.79 Å².